The average molecular weight is 336 g/mol. The van der Waals surface area contributed by atoms with E-state index in [-0.39, 0.29) is 5.54 Å². The summed E-state index contributed by atoms with van der Waals surface area (Å²) >= 11 is 0. The Morgan fingerprint density at radius 2 is 1.62 bits per heavy atom. The van der Waals surface area contributed by atoms with E-state index < -0.39 is 6.35 Å². The normalized spacial score (nSPS) is 41.0. The number of nitrogens with zero attached hydrogens (tertiary/aromatic N) is 1. The highest BCUT2D eigenvalue weighted by Crippen LogP contribution is 2.55. The van der Waals surface area contributed by atoms with Gasteiger partial charge in [0.25, 0.3) is 0 Å². The fraction of sp³-hybridized carbons (Fsp3) is 1.00. The van der Waals surface area contributed by atoms with E-state index in [4.69, 9.17) is 0 Å². The number of aliphatic hydroxyl groups is 1. The Bertz CT molecular complexity index is 384. The minimum absolute atomic E-state index is 0.239. The van der Waals surface area contributed by atoms with Gasteiger partial charge < -0.3 is 10.0 Å². The van der Waals surface area contributed by atoms with Crippen LogP contribution in [-0.4, -0.2) is 47.6 Å². The van der Waals surface area contributed by atoms with Crippen molar-refractivity contribution in [2.75, 3.05) is 19.6 Å². The highest BCUT2D eigenvalue weighted by atomic mass is 16.3. The third-order valence-electron chi connectivity index (χ3n) is 7.29. The summed E-state index contributed by atoms with van der Waals surface area (Å²) < 4.78 is 0. The molecule has 4 saturated carbocycles. The Labute approximate surface area is 147 Å². The summed E-state index contributed by atoms with van der Waals surface area (Å²) in [7, 11) is 0. The van der Waals surface area contributed by atoms with Crippen LogP contribution < -0.4 is 10.6 Å². The van der Waals surface area contributed by atoms with Gasteiger partial charge in [-0.2, -0.15) is 0 Å². The Hall–Kier alpha value is -0.160. The lowest BCUT2D eigenvalue weighted by atomic mass is 9.53. The van der Waals surface area contributed by atoms with Gasteiger partial charge in [0, 0.05) is 11.6 Å². The van der Waals surface area contributed by atoms with E-state index in [2.05, 4.69) is 22.5 Å². The Morgan fingerprint density at radius 1 is 1.04 bits per heavy atom. The first-order valence-electron chi connectivity index (χ1n) is 10.6. The van der Waals surface area contributed by atoms with E-state index in [9.17, 15) is 5.11 Å². The van der Waals surface area contributed by atoms with E-state index in [1.165, 1.54) is 83.8 Å². The number of rotatable bonds is 7. The van der Waals surface area contributed by atoms with Gasteiger partial charge in [0.15, 0.2) is 6.35 Å². The van der Waals surface area contributed by atoms with Crippen LogP contribution in [0.2, 0.25) is 0 Å². The highest BCUT2D eigenvalue weighted by Gasteiger charge is 2.51. The molecule has 4 bridgehead atoms. The lowest BCUT2D eigenvalue weighted by Crippen LogP contribution is -2.64. The Balaban J connectivity index is 1.24. The molecule has 3 N–H and O–H groups in total. The Morgan fingerprint density at radius 3 is 2.17 bits per heavy atom. The van der Waals surface area contributed by atoms with Gasteiger partial charge in [-0.25, -0.2) is 0 Å². The van der Waals surface area contributed by atoms with Crippen molar-refractivity contribution in [2.24, 2.45) is 17.8 Å². The third-order valence-corrected chi connectivity index (χ3v) is 7.29. The molecule has 138 valence electrons. The van der Waals surface area contributed by atoms with Gasteiger partial charge in [-0.1, -0.05) is 13.3 Å². The van der Waals surface area contributed by atoms with Crippen molar-refractivity contribution in [2.45, 2.75) is 89.1 Å². The van der Waals surface area contributed by atoms with Gasteiger partial charge in [-0.3, -0.25) is 10.6 Å². The van der Waals surface area contributed by atoms with Crippen molar-refractivity contribution >= 4 is 0 Å². The largest absolute Gasteiger partial charge is 0.365 e. The second kappa shape index (κ2) is 7.22. The monoisotopic (exact) mass is 335 g/mol. The summed E-state index contributed by atoms with van der Waals surface area (Å²) in [6.07, 6.45) is 12.7. The lowest BCUT2D eigenvalue weighted by Gasteiger charge is -2.57. The van der Waals surface area contributed by atoms with E-state index >= 15 is 0 Å². The van der Waals surface area contributed by atoms with Gasteiger partial charge in [-0.05, 0) is 95.2 Å². The Kier molecular flexibility index (Phi) is 5.19. The summed E-state index contributed by atoms with van der Waals surface area (Å²) in [4.78, 5) is 2.58. The van der Waals surface area contributed by atoms with Gasteiger partial charge in [0.1, 0.15) is 0 Å². The van der Waals surface area contributed by atoms with Crippen molar-refractivity contribution < 1.29 is 5.11 Å². The number of aliphatic hydroxyl groups excluding tert-OH is 1. The highest BCUT2D eigenvalue weighted by molar-refractivity contribution is 5.06. The molecule has 0 aromatic heterocycles. The van der Waals surface area contributed by atoms with Crippen LogP contribution in [0, 0.1) is 17.8 Å². The zero-order chi connectivity index (χ0) is 16.6. The molecule has 0 radical (unpaired) electrons. The van der Waals surface area contributed by atoms with E-state index in [0.717, 1.165) is 17.8 Å². The summed E-state index contributed by atoms with van der Waals surface area (Å²) in [6, 6.07) is 0.472. The second-order valence-corrected chi connectivity index (χ2v) is 9.38. The van der Waals surface area contributed by atoms with Crippen LogP contribution >= 0.6 is 0 Å². The minimum atomic E-state index is -0.520. The summed E-state index contributed by atoms with van der Waals surface area (Å²) in [5, 5.41) is 17.8. The van der Waals surface area contributed by atoms with Crippen LogP contribution in [0.25, 0.3) is 0 Å². The lowest BCUT2D eigenvalue weighted by molar-refractivity contribution is -0.0582. The molecule has 1 heterocycles. The van der Waals surface area contributed by atoms with Crippen LogP contribution in [0.3, 0.4) is 0 Å². The molecular formula is C20H37N3O. The molecule has 0 spiro atoms. The summed E-state index contributed by atoms with van der Waals surface area (Å²) in [5.74, 6) is 2.79. The zero-order valence-corrected chi connectivity index (χ0v) is 15.5. The number of likely N-dealkylation sites (tertiary alicyclic amines) is 1. The van der Waals surface area contributed by atoms with Crippen LogP contribution in [-0.2, 0) is 0 Å². The topological polar surface area (TPSA) is 47.5 Å². The molecular weight excluding hydrogens is 298 g/mol. The molecule has 1 saturated heterocycles. The van der Waals surface area contributed by atoms with E-state index in [0.29, 0.717) is 6.04 Å². The average Bonchev–Trinajstić information content (AvgIpc) is 2.52. The first-order chi connectivity index (χ1) is 11.6. The van der Waals surface area contributed by atoms with Gasteiger partial charge >= 0.3 is 0 Å². The number of nitrogens with one attached hydrogen (secondary N) is 2. The van der Waals surface area contributed by atoms with Crippen LogP contribution in [0.15, 0.2) is 0 Å². The second-order valence-electron chi connectivity index (χ2n) is 9.38. The van der Waals surface area contributed by atoms with Crippen molar-refractivity contribution in [3.8, 4) is 0 Å². The molecule has 24 heavy (non-hydrogen) atoms. The first kappa shape index (κ1) is 17.3. The van der Waals surface area contributed by atoms with Crippen molar-refractivity contribution in [3.63, 3.8) is 0 Å². The molecule has 5 aliphatic rings. The quantitative estimate of drug-likeness (QED) is 0.626. The summed E-state index contributed by atoms with van der Waals surface area (Å²) in [5.41, 5.74) is 0.239. The van der Waals surface area contributed by atoms with Crippen molar-refractivity contribution in [1.29, 1.82) is 0 Å². The fourth-order valence-electron chi connectivity index (χ4n) is 6.55. The molecule has 0 amide bonds. The molecule has 0 aromatic rings. The van der Waals surface area contributed by atoms with Crippen LogP contribution in [0.1, 0.15) is 71.1 Å². The standard InChI is InChI=1S/C20H37N3O/c1-2-3-6-23-7-4-18(5-8-23)21-19(24)22-20-12-15-9-16(13-20)11-17(10-15)14-20/h15-19,21-22,24H,2-14H2,1H3. The fourth-order valence-corrected chi connectivity index (χ4v) is 6.55. The van der Waals surface area contributed by atoms with E-state index in [1.807, 2.05) is 0 Å². The number of piperidine rings is 1. The minimum Gasteiger partial charge on any atom is -0.365 e. The molecule has 5 fully saturated rings. The van der Waals surface area contributed by atoms with Crippen molar-refractivity contribution in [1.82, 2.24) is 15.5 Å². The maximum absolute atomic E-state index is 10.6. The van der Waals surface area contributed by atoms with Gasteiger partial charge in [0.05, 0.1) is 0 Å². The molecule has 1 aliphatic heterocycles. The van der Waals surface area contributed by atoms with Gasteiger partial charge in [-0.15, -0.1) is 0 Å². The van der Waals surface area contributed by atoms with Crippen LogP contribution in [0.4, 0.5) is 0 Å². The van der Waals surface area contributed by atoms with E-state index in [1.54, 1.807) is 0 Å². The maximum atomic E-state index is 10.6. The zero-order valence-electron chi connectivity index (χ0n) is 15.5. The molecule has 5 rings (SSSR count). The maximum Gasteiger partial charge on any atom is 0.161 e. The molecule has 4 nitrogen and oxygen atoms in total. The van der Waals surface area contributed by atoms with Crippen molar-refractivity contribution in [3.05, 3.63) is 0 Å². The summed E-state index contributed by atoms with van der Waals surface area (Å²) in [6.45, 7) is 5.88. The first-order valence-corrected chi connectivity index (χ1v) is 10.6. The number of hydrogen-bond acceptors (Lipinski definition) is 4. The predicted molar refractivity (Wildman–Crippen MR) is 97.6 cm³/mol. The van der Waals surface area contributed by atoms with Crippen LogP contribution in [0.5, 0.6) is 0 Å². The van der Waals surface area contributed by atoms with Gasteiger partial charge in [0.2, 0.25) is 0 Å². The molecule has 1 atom stereocenters. The number of unbranched alkanes of at least 4 members (excludes halogenated alkanes) is 1. The predicted octanol–water partition coefficient (Wildman–Crippen LogP) is 2.67. The molecule has 1 unspecified atom stereocenters. The third kappa shape index (κ3) is 3.82. The smallest absolute Gasteiger partial charge is 0.161 e. The number of hydrogen-bond donors (Lipinski definition) is 3. The molecule has 0 aromatic carbocycles. The molecule has 4 aliphatic carbocycles. The molecule has 4 heteroatoms. The SMILES string of the molecule is CCCCN1CCC(NC(O)NC23CC4CC(CC(C4)C2)C3)CC1.